The molecule has 0 saturated carbocycles. The summed E-state index contributed by atoms with van der Waals surface area (Å²) in [4.78, 5) is 11.0. The van der Waals surface area contributed by atoms with Gasteiger partial charge in [-0.05, 0) is 22.6 Å². The standard InChI is InChI=1S/C13H13NO4S2/c15-13(16)12-11(6-7-19-12)9-20(17,18)14-8-10-4-2-1-3-5-10/h1-7,14H,8-9H2,(H,15,16). The van der Waals surface area contributed by atoms with Gasteiger partial charge in [-0.15, -0.1) is 11.3 Å². The molecule has 0 fully saturated rings. The summed E-state index contributed by atoms with van der Waals surface area (Å²) in [5.74, 6) is -1.43. The van der Waals surface area contributed by atoms with Gasteiger partial charge in [0.2, 0.25) is 10.0 Å². The molecule has 106 valence electrons. The topological polar surface area (TPSA) is 83.5 Å². The van der Waals surface area contributed by atoms with Crippen LogP contribution in [-0.2, 0) is 22.3 Å². The summed E-state index contributed by atoms with van der Waals surface area (Å²) in [6.45, 7) is 0.190. The second-order valence-electron chi connectivity index (χ2n) is 4.15. The minimum Gasteiger partial charge on any atom is -0.477 e. The molecule has 1 aromatic carbocycles. The minimum atomic E-state index is -3.57. The SMILES string of the molecule is O=C(O)c1sccc1CS(=O)(=O)NCc1ccccc1. The average molecular weight is 311 g/mol. The smallest absolute Gasteiger partial charge is 0.346 e. The van der Waals surface area contributed by atoms with Crippen LogP contribution in [0, 0.1) is 0 Å². The van der Waals surface area contributed by atoms with Gasteiger partial charge in [-0.2, -0.15) is 0 Å². The first-order chi connectivity index (χ1) is 9.48. The van der Waals surface area contributed by atoms with Crippen LogP contribution < -0.4 is 4.72 Å². The third-order valence-electron chi connectivity index (χ3n) is 2.63. The van der Waals surface area contributed by atoms with Gasteiger partial charge >= 0.3 is 5.97 Å². The third-order valence-corrected chi connectivity index (χ3v) is 4.85. The Bertz CT molecular complexity index is 692. The van der Waals surface area contributed by atoms with Gasteiger partial charge in [0, 0.05) is 6.54 Å². The van der Waals surface area contributed by atoms with Crippen molar-refractivity contribution in [1.29, 1.82) is 0 Å². The fourth-order valence-electron chi connectivity index (χ4n) is 1.68. The lowest BCUT2D eigenvalue weighted by molar-refractivity contribution is 0.0701. The Kier molecular flexibility index (Phi) is 4.53. The van der Waals surface area contributed by atoms with Crippen molar-refractivity contribution in [2.45, 2.75) is 12.3 Å². The summed E-state index contributed by atoms with van der Waals surface area (Å²) in [6.07, 6.45) is 0. The fourth-order valence-corrected chi connectivity index (χ4v) is 3.67. The van der Waals surface area contributed by atoms with Crippen LogP contribution in [0.4, 0.5) is 0 Å². The van der Waals surface area contributed by atoms with Crippen LogP contribution in [0.3, 0.4) is 0 Å². The molecule has 0 aliphatic carbocycles. The zero-order valence-electron chi connectivity index (χ0n) is 10.4. The normalized spacial score (nSPS) is 11.4. The zero-order valence-corrected chi connectivity index (χ0v) is 12.1. The molecule has 0 atom stereocenters. The van der Waals surface area contributed by atoms with Gasteiger partial charge in [0.05, 0.1) is 5.75 Å². The number of carbonyl (C=O) groups is 1. The minimum absolute atomic E-state index is 0.0649. The molecule has 0 bridgehead atoms. The first-order valence-corrected chi connectivity index (χ1v) is 8.32. The van der Waals surface area contributed by atoms with E-state index in [-0.39, 0.29) is 17.2 Å². The maximum atomic E-state index is 11.9. The molecule has 0 radical (unpaired) electrons. The molecule has 5 nitrogen and oxygen atoms in total. The molecular weight excluding hydrogens is 298 g/mol. The van der Waals surface area contributed by atoms with E-state index in [0.717, 1.165) is 16.9 Å². The lowest BCUT2D eigenvalue weighted by atomic mass is 10.2. The van der Waals surface area contributed by atoms with Crippen molar-refractivity contribution in [3.63, 3.8) is 0 Å². The van der Waals surface area contributed by atoms with Gasteiger partial charge in [-0.3, -0.25) is 0 Å². The van der Waals surface area contributed by atoms with E-state index in [1.54, 1.807) is 5.38 Å². The molecule has 0 spiro atoms. The number of hydrogen-bond acceptors (Lipinski definition) is 4. The van der Waals surface area contributed by atoms with E-state index in [4.69, 9.17) is 5.11 Å². The monoisotopic (exact) mass is 311 g/mol. The Balaban J connectivity index is 2.04. The first-order valence-electron chi connectivity index (χ1n) is 5.79. The summed E-state index contributed by atoms with van der Waals surface area (Å²) in [5, 5.41) is 10.5. The highest BCUT2D eigenvalue weighted by Gasteiger charge is 2.18. The Hall–Kier alpha value is -1.70. The summed E-state index contributed by atoms with van der Waals surface area (Å²) in [6, 6.07) is 10.7. The molecule has 1 heterocycles. The van der Waals surface area contributed by atoms with Gasteiger partial charge in [0.15, 0.2) is 0 Å². The Morgan fingerprint density at radius 2 is 1.90 bits per heavy atom. The number of carboxylic acids is 1. The molecule has 2 aromatic rings. The second-order valence-corrected chi connectivity index (χ2v) is 6.87. The summed E-state index contributed by atoms with van der Waals surface area (Å²) < 4.78 is 26.4. The number of benzene rings is 1. The molecule has 0 aliphatic rings. The molecule has 20 heavy (non-hydrogen) atoms. The average Bonchev–Trinajstić information content (AvgIpc) is 2.85. The van der Waals surface area contributed by atoms with E-state index >= 15 is 0 Å². The van der Waals surface area contributed by atoms with Crippen molar-refractivity contribution >= 4 is 27.3 Å². The van der Waals surface area contributed by atoms with Crippen molar-refractivity contribution in [3.05, 3.63) is 57.8 Å². The highest BCUT2D eigenvalue weighted by molar-refractivity contribution is 7.88. The lowest BCUT2D eigenvalue weighted by Gasteiger charge is -2.06. The first kappa shape index (κ1) is 14.7. The van der Waals surface area contributed by atoms with E-state index in [9.17, 15) is 13.2 Å². The highest BCUT2D eigenvalue weighted by atomic mass is 32.2. The quantitative estimate of drug-likeness (QED) is 0.855. The van der Waals surface area contributed by atoms with Gasteiger partial charge in [0.1, 0.15) is 4.88 Å². The molecular formula is C13H13NO4S2. The van der Waals surface area contributed by atoms with Crippen molar-refractivity contribution < 1.29 is 18.3 Å². The Labute approximate surface area is 120 Å². The largest absolute Gasteiger partial charge is 0.477 e. The molecule has 1 aromatic heterocycles. The molecule has 0 saturated heterocycles. The number of rotatable bonds is 6. The van der Waals surface area contributed by atoms with Crippen LogP contribution in [-0.4, -0.2) is 19.5 Å². The summed E-state index contributed by atoms with van der Waals surface area (Å²) >= 11 is 1.02. The third kappa shape index (κ3) is 3.89. The van der Waals surface area contributed by atoms with E-state index in [2.05, 4.69) is 4.72 Å². The predicted molar refractivity (Wildman–Crippen MR) is 77.2 cm³/mol. The predicted octanol–water partition coefficient (Wildman–Crippen LogP) is 2.07. The van der Waals surface area contributed by atoms with E-state index in [0.29, 0.717) is 5.56 Å². The summed E-state index contributed by atoms with van der Waals surface area (Å²) in [5.41, 5.74) is 1.16. The number of nitrogens with one attached hydrogen (secondary N) is 1. The number of sulfonamides is 1. The van der Waals surface area contributed by atoms with Gasteiger partial charge in [-0.25, -0.2) is 17.9 Å². The Morgan fingerprint density at radius 1 is 1.20 bits per heavy atom. The van der Waals surface area contributed by atoms with Crippen LogP contribution in [0.2, 0.25) is 0 Å². The number of hydrogen-bond donors (Lipinski definition) is 2. The van der Waals surface area contributed by atoms with Crippen molar-refractivity contribution in [1.82, 2.24) is 4.72 Å². The lowest BCUT2D eigenvalue weighted by Crippen LogP contribution is -2.25. The van der Waals surface area contributed by atoms with E-state index in [1.165, 1.54) is 6.07 Å². The number of aromatic carboxylic acids is 1. The van der Waals surface area contributed by atoms with E-state index in [1.807, 2.05) is 30.3 Å². The molecule has 0 unspecified atom stereocenters. The number of thiophene rings is 1. The van der Waals surface area contributed by atoms with Gasteiger partial charge in [0.25, 0.3) is 0 Å². The highest BCUT2D eigenvalue weighted by Crippen LogP contribution is 2.19. The molecule has 0 aliphatic heterocycles. The van der Waals surface area contributed by atoms with Crippen LogP contribution in [0.15, 0.2) is 41.8 Å². The zero-order chi connectivity index (χ0) is 14.6. The fraction of sp³-hybridized carbons (Fsp3) is 0.154. The van der Waals surface area contributed by atoms with E-state index < -0.39 is 16.0 Å². The Morgan fingerprint density at radius 3 is 2.55 bits per heavy atom. The molecule has 0 amide bonds. The van der Waals surface area contributed by atoms with Gasteiger partial charge < -0.3 is 5.11 Å². The molecule has 2 rings (SSSR count). The number of carboxylic acid groups (broad SMARTS) is 1. The second kappa shape index (κ2) is 6.17. The van der Waals surface area contributed by atoms with Gasteiger partial charge in [-0.1, -0.05) is 30.3 Å². The maximum Gasteiger partial charge on any atom is 0.346 e. The van der Waals surface area contributed by atoms with Crippen molar-refractivity contribution in [3.8, 4) is 0 Å². The van der Waals surface area contributed by atoms with Crippen LogP contribution in [0.25, 0.3) is 0 Å². The van der Waals surface area contributed by atoms with Crippen LogP contribution in [0.1, 0.15) is 20.8 Å². The molecule has 7 heteroatoms. The van der Waals surface area contributed by atoms with Crippen molar-refractivity contribution in [2.24, 2.45) is 0 Å². The van der Waals surface area contributed by atoms with Crippen LogP contribution >= 0.6 is 11.3 Å². The van der Waals surface area contributed by atoms with Crippen molar-refractivity contribution in [2.75, 3.05) is 0 Å². The maximum absolute atomic E-state index is 11.9. The molecule has 2 N–H and O–H groups in total. The summed E-state index contributed by atoms with van der Waals surface area (Å²) in [7, 11) is -3.57. The van der Waals surface area contributed by atoms with Crippen LogP contribution in [0.5, 0.6) is 0 Å².